The van der Waals surface area contributed by atoms with Gasteiger partial charge < -0.3 is 15.2 Å². The van der Waals surface area contributed by atoms with Crippen molar-refractivity contribution in [2.24, 2.45) is 4.99 Å². The van der Waals surface area contributed by atoms with Gasteiger partial charge in [0.15, 0.2) is 0 Å². The number of hydrogen-bond acceptors (Lipinski definition) is 3. The molecule has 2 N–H and O–H groups in total. The number of hydrogen-bond donors (Lipinski definition) is 2. The highest BCUT2D eigenvalue weighted by Crippen LogP contribution is 2.33. The molecule has 0 aliphatic heterocycles. The largest absolute Gasteiger partial charge is 0.356 e. The number of aryl methyl sites for hydroxylation is 1. The third-order valence-electron chi connectivity index (χ3n) is 8.22. The minimum Gasteiger partial charge on any atom is -0.356 e. The second-order valence-corrected chi connectivity index (χ2v) is 11.5. The summed E-state index contributed by atoms with van der Waals surface area (Å²) in [6.45, 7) is 4.14. The Balaban J connectivity index is 1.04. The van der Waals surface area contributed by atoms with Crippen molar-refractivity contribution in [2.45, 2.75) is 13.8 Å². The lowest BCUT2D eigenvalue weighted by atomic mass is 10.0. The van der Waals surface area contributed by atoms with Crippen molar-refractivity contribution in [1.82, 2.24) is 4.57 Å². The maximum Gasteiger partial charge on any atom is 0.0631 e. The van der Waals surface area contributed by atoms with Gasteiger partial charge in [0.1, 0.15) is 0 Å². The summed E-state index contributed by atoms with van der Waals surface area (Å²) in [7, 11) is 0. The van der Waals surface area contributed by atoms with Gasteiger partial charge in [-0.3, -0.25) is 4.99 Å². The van der Waals surface area contributed by atoms with Crippen LogP contribution in [-0.4, -0.2) is 10.8 Å². The van der Waals surface area contributed by atoms with E-state index in [1.54, 1.807) is 0 Å². The van der Waals surface area contributed by atoms with Crippen LogP contribution in [0.1, 0.15) is 12.5 Å². The minimum atomic E-state index is 0.883. The molecule has 0 spiro atoms. The van der Waals surface area contributed by atoms with Gasteiger partial charge in [-0.05, 0) is 98.3 Å². The van der Waals surface area contributed by atoms with Gasteiger partial charge >= 0.3 is 0 Å². The van der Waals surface area contributed by atoms with Crippen LogP contribution in [0.4, 0.5) is 22.7 Å². The average Bonchev–Trinajstić information content (AvgIpc) is 3.44. The molecular formula is C43H36N4. The molecule has 0 fully saturated rings. The molecule has 0 bridgehead atoms. The highest BCUT2D eigenvalue weighted by atomic mass is 15.0. The summed E-state index contributed by atoms with van der Waals surface area (Å²) < 4.78 is 2.33. The first-order valence-electron chi connectivity index (χ1n) is 15.9. The fourth-order valence-electron chi connectivity index (χ4n) is 6.03. The van der Waals surface area contributed by atoms with Crippen LogP contribution in [0.25, 0.3) is 38.6 Å². The van der Waals surface area contributed by atoms with Crippen LogP contribution in [-0.2, 0) is 0 Å². The molecule has 0 unspecified atom stereocenters. The monoisotopic (exact) mass is 608 g/mol. The van der Waals surface area contributed by atoms with Crippen LogP contribution in [0.3, 0.4) is 0 Å². The Morgan fingerprint density at radius 3 is 1.98 bits per heavy atom. The topological polar surface area (TPSA) is 41.4 Å². The smallest absolute Gasteiger partial charge is 0.0631 e. The number of anilines is 3. The molecule has 0 radical (unpaired) electrons. The van der Waals surface area contributed by atoms with E-state index in [0.29, 0.717) is 0 Å². The first-order valence-corrected chi connectivity index (χ1v) is 15.9. The quantitative estimate of drug-likeness (QED) is 0.126. The van der Waals surface area contributed by atoms with E-state index < -0.39 is 0 Å². The molecule has 0 saturated heterocycles. The maximum absolute atomic E-state index is 4.69. The molecule has 0 aliphatic carbocycles. The molecule has 6 aromatic carbocycles. The molecule has 4 nitrogen and oxygen atoms in total. The number of rotatable bonds is 9. The number of para-hydroxylation sites is 3. The Morgan fingerprint density at radius 1 is 0.660 bits per heavy atom. The zero-order valence-electron chi connectivity index (χ0n) is 26.6. The van der Waals surface area contributed by atoms with E-state index in [0.717, 1.165) is 39.7 Å². The molecule has 0 aliphatic rings. The van der Waals surface area contributed by atoms with Crippen molar-refractivity contribution in [3.05, 3.63) is 175 Å². The van der Waals surface area contributed by atoms with E-state index in [9.17, 15) is 0 Å². The van der Waals surface area contributed by atoms with Gasteiger partial charge in [0.2, 0.25) is 0 Å². The van der Waals surface area contributed by atoms with Gasteiger partial charge in [0.05, 0.1) is 16.7 Å². The van der Waals surface area contributed by atoms with E-state index >= 15 is 0 Å². The van der Waals surface area contributed by atoms with Crippen LogP contribution in [0.5, 0.6) is 0 Å². The van der Waals surface area contributed by atoms with Crippen LogP contribution < -0.4 is 10.6 Å². The molecular weight excluding hydrogens is 573 g/mol. The second-order valence-electron chi connectivity index (χ2n) is 11.5. The molecule has 0 amide bonds. The van der Waals surface area contributed by atoms with Gasteiger partial charge in [-0.1, -0.05) is 90.5 Å². The highest BCUT2D eigenvalue weighted by molar-refractivity contribution is 6.09. The SMILES string of the molecule is C/C=C\C(=C/C=Nc1ccc(Nc2ccc(-n3c4ccccc4c4ccccc43)cc2)cc1)Nc1ccccc1-c1cccc(C)c1. The number of fused-ring (bicyclic) bond motifs is 3. The van der Waals surface area contributed by atoms with Crippen molar-refractivity contribution >= 4 is 50.8 Å². The third kappa shape index (κ3) is 6.49. The second kappa shape index (κ2) is 13.5. The Kier molecular flexibility index (Phi) is 8.48. The summed E-state index contributed by atoms with van der Waals surface area (Å²) in [4.78, 5) is 4.69. The van der Waals surface area contributed by atoms with E-state index in [4.69, 9.17) is 4.99 Å². The van der Waals surface area contributed by atoms with Crippen molar-refractivity contribution in [3.8, 4) is 16.8 Å². The molecule has 4 heteroatoms. The first kappa shape index (κ1) is 29.6. The molecule has 1 aromatic heterocycles. The normalized spacial score (nSPS) is 12.0. The first-order chi connectivity index (χ1) is 23.2. The molecule has 47 heavy (non-hydrogen) atoms. The molecule has 0 atom stereocenters. The summed E-state index contributed by atoms with van der Waals surface area (Å²) in [6.07, 6.45) is 7.92. The molecule has 228 valence electrons. The minimum absolute atomic E-state index is 0.883. The summed E-state index contributed by atoms with van der Waals surface area (Å²) >= 11 is 0. The van der Waals surface area contributed by atoms with Gasteiger partial charge in [-0.15, -0.1) is 0 Å². The van der Waals surface area contributed by atoms with Crippen LogP contribution in [0.15, 0.2) is 175 Å². The molecule has 7 aromatic rings. The van der Waals surface area contributed by atoms with E-state index in [1.165, 1.54) is 32.9 Å². The predicted octanol–water partition coefficient (Wildman–Crippen LogP) is 11.8. The van der Waals surface area contributed by atoms with E-state index in [-0.39, 0.29) is 0 Å². The number of nitrogens with one attached hydrogen (secondary N) is 2. The van der Waals surface area contributed by atoms with Crippen LogP contribution in [0, 0.1) is 6.92 Å². The Morgan fingerprint density at radius 2 is 1.30 bits per heavy atom. The number of benzene rings is 6. The van der Waals surface area contributed by atoms with Gasteiger partial charge in [0.25, 0.3) is 0 Å². The van der Waals surface area contributed by atoms with Gasteiger partial charge in [-0.25, -0.2) is 0 Å². The standard InChI is InChI=1S/C43H36N4/c1-3-11-34(46-41-17-7-4-14-38(41)32-13-10-12-31(2)30-32)28-29-44-33-20-22-35(23-21-33)45-36-24-26-37(27-25-36)47-42-18-8-5-15-39(42)40-16-6-9-19-43(40)47/h3-30,45-46H,1-2H3/b11-3-,34-28+,44-29?. The zero-order chi connectivity index (χ0) is 32.0. The Hall–Kier alpha value is -6.13. The lowest BCUT2D eigenvalue weighted by Crippen LogP contribution is -1.99. The number of aliphatic imine (C=N–C) groups is 1. The third-order valence-corrected chi connectivity index (χ3v) is 8.22. The van der Waals surface area contributed by atoms with Crippen molar-refractivity contribution in [2.75, 3.05) is 10.6 Å². The number of nitrogens with zero attached hydrogens (tertiary/aromatic N) is 2. The fourth-order valence-corrected chi connectivity index (χ4v) is 6.03. The predicted molar refractivity (Wildman–Crippen MR) is 202 cm³/mol. The van der Waals surface area contributed by atoms with Crippen molar-refractivity contribution in [3.63, 3.8) is 0 Å². The van der Waals surface area contributed by atoms with Gasteiger partial charge in [-0.2, -0.15) is 0 Å². The summed E-state index contributed by atoms with van der Waals surface area (Å²) in [5, 5.41) is 9.65. The summed E-state index contributed by atoms with van der Waals surface area (Å²) in [5.74, 6) is 0. The summed E-state index contributed by atoms with van der Waals surface area (Å²) in [5.41, 5.74) is 12.1. The van der Waals surface area contributed by atoms with Crippen LogP contribution >= 0.6 is 0 Å². The number of aromatic nitrogens is 1. The van der Waals surface area contributed by atoms with Crippen LogP contribution in [0.2, 0.25) is 0 Å². The summed E-state index contributed by atoms with van der Waals surface area (Å²) in [6, 6.07) is 50.9. The fraction of sp³-hybridized carbons (Fsp3) is 0.0465. The zero-order valence-corrected chi connectivity index (χ0v) is 26.6. The maximum atomic E-state index is 4.69. The molecule has 7 rings (SSSR count). The number of allylic oxidation sites excluding steroid dienone is 3. The van der Waals surface area contributed by atoms with Crippen molar-refractivity contribution in [1.29, 1.82) is 0 Å². The van der Waals surface area contributed by atoms with Gasteiger partial charge in [0, 0.05) is 51.0 Å². The lowest BCUT2D eigenvalue weighted by Gasteiger charge is -2.13. The average molecular weight is 609 g/mol. The van der Waals surface area contributed by atoms with Crippen molar-refractivity contribution < 1.29 is 0 Å². The van der Waals surface area contributed by atoms with E-state index in [1.807, 2.05) is 37.4 Å². The lowest BCUT2D eigenvalue weighted by molar-refractivity contribution is 1.18. The molecule has 0 saturated carbocycles. The van der Waals surface area contributed by atoms with E-state index in [2.05, 4.69) is 162 Å². The molecule has 1 heterocycles. The highest BCUT2D eigenvalue weighted by Gasteiger charge is 2.11. The Bertz CT molecular complexity index is 2200. The Labute approximate surface area is 276 Å².